The van der Waals surface area contributed by atoms with Crippen molar-refractivity contribution < 1.29 is 4.79 Å². The van der Waals surface area contributed by atoms with Gasteiger partial charge in [0.05, 0.1) is 10.6 Å². The molecule has 0 saturated carbocycles. The molecule has 0 aliphatic heterocycles. The van der Waals surface area contributed by atoms with E-state index in [0.717, 1.165) is 12.0 Å². The second-order valence-electron chi connectivity index (χ2n) is 3.19. The first kappa shape index (κ1) is 11.1. The third-order valence-electron chi connectivity index (χ3n) is 1.97. The molecule has 1 aromatic carbocycles. The third-order valence-corrected chi connectivity index (χ3v) is 2.47. The number of benzene rings is 1. The van der Waals surface area contributed by atoms with Gasteiger partial charge in [-0.3, -0.25) is 4.79 Å². The van der Waals surface area contributed by atoms with Crippen molar-refractivity contribution in [3.8, 4) is 0 Å². The Morgan fingerprint density at radius 1 is 1.50 bits per heavy atom. The highest BCUT2D eigenvalue weighted by Gasteiger charge is 2.09. The first-order chi connectivity index (χ1) is 6.66. The average Bonchev–Trinajstić information content (AvgIpc) is 2.18. The van der Waals surface area contributed by atoms with E-state index in [4.69, 9.17) is 11.6 Å². The number of hydrogen-bond donors (Lipinski definition) is 1. The van der Waals surface area contributed by atoms with Crippen molar-refractivity contribution >= 4 is 17.5 Å². The van der Waals surface area contributed by atoms with Crippen LogP contribution < -0.4 is 5.32 Å². The zero-order chi connectivity index (χ0) is 10.6. The van der Waals surface area contributed by atoms with Gasteiger partial charge in [0.2, 0.25) is 0 Å². The summed E-state index contributed by atoms with van der Waals surface area (Å²) in [5, 5.41) is 3.34. The van der Waals surface area contributed by atoms with Crippen LogP contribution in [0.1, 0.15) is 29.3 Å². The highest BCUT2D eigenvalue weighted by molar-refractivity contribution is 6.34. The first-order valence-corrected chi connectivity index (χ1v) is 5.08. The van der Waals surface area contributed by atoms with Gasteiger partial charge in [0.25, 0.3) is 5.91 Å². The van der Waals surface area contributed by atoms with Crippen molar-refractivity contribution in [1.82, 2.24) is 5.32 Å². The fourth-order valence-electron chi connectivity index (χ4n) is 1.16. The maximum absolute atomic E-state index is 11.6. The molecule has 0 bridgehead atoms. The van der Waals surface area contributed by atoms with Crippen LogP contribution >= 0.6 is 11.6 Å². The standard InChI is InChI=1S/C11H14ClNO/c1-3-7-13-11(14)9-6-4-5-8(2)10(9)12/h4-6H,3,7H2,1-2H3,(H,13,14). The molecule has 0 aliphatic carbocycles. The molecule has 0 radical (unpaired) electrons. The summed E-state index contributed by atoms with van der Waals surface area (Å²) >= 11 is 6.01. The summed E-state index contributed by atoms with van der Waals surface area (Å²) in [5.41, 5.74) is 1.48. The smallest absolute Gasteiger partial charge is 0.252 e. The number of amides is 1. The molecule has 3 heteroatoms. The monoisotopic (exact) mass is 211 g/mol. The Labute approximate surface area is 89.3 Å². The van der Waals surface area contributed by atoms with Gasteiger partial charge in [-0.05, 0) is 25.0 Å². The maximum atomic E-state index is 11.6. The lowest BCUT2D eigenvalue weighted by atomic mass is 10.1. The molecule has 76 valence electrons. The largest absolute Gasteiger partial charge is 0.352 e. The highest BCUT2D eigenvalue weighted by atomic mass is 35.5. The minimum absolute atomic E-state index is 0.0967. The van der Waals surface area contributed by atoms with Gasteiger partial charge in [-0.25, -0.2) is 0 Å². The fourth-order valence-corrected chi connectivity index (χ4v) is 1.37. The number of aryl methyl sites for hydroxylation is 1. The Morgan fingerprint density at radius 3 is 2.86 bits per heavy atom. The Kier molecular flexibility index (Phi) is 3.96. The van der Waals surface area contributed by atoms with E-state index in [0.29, 0.717) is 17.1 Å². The van der Waals surface area contributed by atoms with E-state index in [2.05, 4.69) is 5.32 Å². The van der Waals surface area contributed by atoms with Crippen LogP contribution in [-0.2, 0) is 0 Å². The second-order valence-corrected chi connectivity index (χ2v) is 3.57. The van der Waals surface area contributed by atoms with E-state index in [9.17, 15) is 4.79 Å². The van der Waals surface area contributed by atoms with Crippen molar-refractivity contribution in [2.24, 2.45) is 0 Å². The van der Waals surface area contributed by atoms with Gasteiger partial charge in [0.1, 0.15) is 0 Å². The van der Waals surface area contributed by atoms with E-state index in [1.54, 1.807) is 6.07 Å². The lowest BCUT2D eigenvalue weighted by molar-refractivity contribution is 0.0953. The molecular formula is C11H14ClNO. The lowest BCUT2D eigenvalue weighted by Gasteiger charge is -2.06. The van der Waals surface area contributed by atoms with E-state index < -0.39 is 0 Å². The summed E-state index contributed by atoms with van der Waals surface area (Å²) in [6.07, 6.45) is 0.926. The zero-order valence-electron chi connectivity index (χ0n) is 8.43. The second kappa shape index (κ2) is 5.01. The number of nitrogens with one attached hydrogen (secondary N) is 1. The normalized spacial score (nSPS) is 9.93. The Morgan fingerprint density at radius 2 is 2.21 bits per heavy atom. The molecule has 1 amide bonds. The molecule has 1 rings (SSSR count). The molecule has 0 spiro atoms. The number of carbonyl (C=O) groups is 1. The van der Waals surface area contributed by atoms with Gasteiger partial charge in [-0.2, -0.15) is 0 Å². The van der Waals surface area contributed by atoms with Gasteiger partial charge >= 0.3 is 0 Å². The first-order valence-electron chi connectivity index (χ1n) is 4.70. The van der Waals surface area contributed by atoms with Crippen LogP contribution in [0.5, 0.6) is 0 Å². The van der Waals surface area contributed by atoms with Crippen molar-refractivity contribution in [3.63, 3.8) is 0 Å². The molecule has 0 heterocycles. The molecule has 0 fully saturated rings. The highest BCUT2D eigenvalue weighted by Crippen LogP contribution is 2.19. The third kappa shape index (κ3) is 2.48. The number of hydrogen-bond acceptors (Lipinski definition) is 1. The Bertz CT molecular complexity index is 336. The predicted octanol–water partition coefficient (Wildman–Crippen LogP) is 2.79. The van der Waals surface area contributed by atoms with Crippen LogP contribution in [-0.4, -0.2) is 12.5 Å². The summed E-state index contributed by atoms with van der Waals surface area (Å²) in [5.74, 6) is -0.0967. The summed E-state index contributed by atoms with van der Waals surface area (Å²) in [6, 6.07) is 5.46. The van der Waals surface area contributed by atoms with Crippen molar-refractivity contribution in [2.45, 2.75) is 20.3 Å². The van der Waals surface area contributed by atoms with Crippen molar-refractivity contribution in [2.75, 3.05) is 6.54 Å². The van der Waals surface area contributed by atoms with E-state index in [-0.39, 0.29) is 5.91 Å². The van der Waals surface area contributed by atoms with Crippen LogP contribution in [0.3, 0.4) is 0 Å². The molecule has 14 heavy (non-hydrogen) atoms. The zero-order valence-corrected chi connectivity index (χ0v) is 9.19. The van der Waals surface area contributed by atoms with Crippen molar-refractivity contribution in [3.05, 3.63) is 34.3 Å². The Hall–Kier alpha value is -1.02. The molecular weight excluding hydrogens is 198 g/mol. The molecule has 0 aliphatic rings. The summed E-state index contributed by atoms with van der Waals surface area (Å²) in [4.78, 5) is 11.6. The van der Waals surface area contributed by atoms with Crippen molar-refractivity contribution in [1.29, 1.82) is 0 Å². The quantitative estimate of drug-likeness (QED) is 0.819. The minimum Gasteiger partial charge on any atom is -0.352 e. The molecule has 0 saturated heterocycles. The number of carbonyl (C=O) groups excluding carboxylic acids is 1. The molecule has 0 unspecified atom stereocenters. The van der Waals surface area contributed by atoms with Crippen LogP contribution in [0.15, 0.2) is 18.2 Å². The van der Waals surface area contributed by atoms with Crippen LogP contribution in [0.4, 0.5) is 0 Å². The lowest BCUT2D eigenvalue weighted by Crippen LogP contribution is -2.24. The summed E-state index contributed by atoms with van der Waals surface area (Å²) in [7, 11) is 0. The number of rotatable bonds is 3. The van der Waals surface area contributed by atoms with Crippen LogP contribution in [0, 0.1) is 6.92 Å². The number of halogens is 1. The van der Waals surface area contributed by atoms with Gasteiger partial charge in [-0.1, -0.05) is 30.7 Å². The van der Waals surface area contributed by atoms with E-state index >= 15 is 0 Å². The van der Waals surface area contributed by atoms with Crippen LogP contribution in [0.25, 0.3) is 0 Å². The predicted molar refractivity (Wildman–Crippen MR) is 58.8 cm³/mol. The van der Waals surface area contributed by atoms with Gasteiger partial charge < -0.3 is 5.32 Å². The van der Waals surface area contributed by atoms with Gasteiger partial charge in [0.15, 0.2) is 0 Å². The van der Waals surface area contributed by atoms with Gasteiger partial charge in [-0.15, -0.1) is 0 Å². The van der Waals surface area contributed by atoms with E-state index in [1.165, 1.54) is 0 Å². The topological polar surface area (TPSA) is 29.1 Å². The summed E-state index contributed by atoms with van der Waals surface area (Å²) < 4.78 is 0. The molecule has 1 aromatic rings. The van der Waals surface area contributed by atoms with Gasteiger partial charge in [0, 0.05) is 6.54 Å². The maximum Gasteiger partial charge on any atom is 0.252 e. The van der Waals surface area contributed by atoms with E-state index in [1.807, 2.05) is 26.0 Å². The summed E-state index contributed by atoms with van der Waals surface area (Å²) in [6.45, 7) is 4.58. The molecule has 0 aromatic heterocycles. The SMILES string of the molecule is CCCNC(=O)c1cccc(C)c1Cl. The van der Waals surface area contributed by atoms with Crippen LogP contribution in [0.2, 0.25) is 5.02 Å². The fraction of sp³-hybridized carbons (Fsp3) is 0.364. The average molecular weight is 212 g/mol. The molecule has 2 nitrogen and oxygen atoms in total. The molecule has 0 atom stereocenters. The minimum atomic E-state index is -0.0967. The molecule has 1 N–H and O–H groups in total. The Balaban J connectivity index is 2.84.